The third kappa shape index (κ3) is 4.82. The van der Waals surface area contributed by atoms with Crippen molar-refractivity contribution in [3.8, 4) is 44.6 Å². The van der Waals surface area contributed by atoms with Crippen LogP contribution in [0, 0.1) is 0 Å². The summed E-state index contributed by atoms with van der Waals surface area (Å²) in [5.74, 6) is 0. The molecule has 0 fully saturated rings. The molecule has 0 bridgehead atoms. The lowest BCUT2D eigenvalue weighted by Gasteiger charge is -2.34. The van der Waals surface area contributed by atoms with Crippen molar-refractivity contribution in [1.29, 1.82) is 0 Å². The number of aromatic nitrogens is 2. The highest BCUT2D eigenvalue weighted by molar-refractivity contribution is 6.16. The molecular formula is C53H34N2. The van der Waals surface area contributed by atoms with Crippen LogP contribution in [0.2, 0.25) is 0 Å². The van der Waals surface area contributed by atoms with E-state index in [1.807, 2.05) is 0 Å². The molecule has 256 valence electrons. The molecular weight excluding hydrogens is 665 g/mol. The average Bonchev–Trinajstić information content (AvgIpc) is 3.56. The highest BCUT2D eigenvalue weighted by Crippen LogP contribution is 2.56. The zero-order valence-corrected chi connectivity index (χ0v) is 30.0. The SMILES string of the molecule is c1ccc(-c2c3ccccc3nc3c2ccc2ccc(-c4cccc(-c5ccc6c(c5)C(c5ccccc5)(c5ccccc5)c5ccccc5-6)c4)nc23)cc1. The Morgan fingerprint density at radius 1 is 0.345 bits per heavy atom. The Morgan fingerprint density at radius 3 is 1.76 bits per heavy atom. The Labute approximate surface area is 320 Å². The second-order valence-electron chi connectivity index (χ2n) is 14.5. The van der Waals surface area contributed by atoms with Crippen LogP contribution in [0.1, 0.15) is 22.3 Å². The predicted molar refractivity (Wildman–Crippen MR) is 228 cm³/mol. The monoisotopic (exact) mass is 698 g/mol. The molecule has 0 N–H and O–H groups in total. The van der Waals surface area contributed by atoms with Crippen LogP contribution in [0.25, 0.3) is 77.3 Å². The third-order valence-electron chi connectivity index (χ3n) is 11.5. The van der Waals surface area contributed by atoms with Crippen LogP contribution >= 0.6 is 0 Å². The van der Waals surface area contributed by atoms with Gasteiger partial charge < -0.3 is 0 Å². The van der Waals surface area contributed by atoms with Crippen LogP contribution in [0.5, 0.6) is 0 Å². The van der Waals surface area contributed by atoms with Gasteiger partial charge in [-0.05, 0) is 74.3 Å². The molecule has 0 radical (unpaired) electrons. The summed E-state index contributed by atoms with van der Waals surface area (Å²) in [5.41, 5.74) is 16.8. The molecule has 10 aromatic rings. The smallest absolute Gasteiger partial charge is 0.0978 e. The molecule has 11 rings (SSSR count). The molecule has 8 aromatic carbocycles. The van der Waals surface area contributed by atoms with Gasteiger partial charge in [0.25, 0.3) is 0 Å². The molecule has 2 nitrogen and oxygen atoms in total. The van der Waals surface area contributed by atoms with E-state index in [4.69, 9.17) is 9.97 Å². The summed E-state index contributed by atoms with van der Waals surface area (Å²) in [6.07, 6.45) is 0. The first-order valence-electron chi connectivity index (χ1n) is 18.9. The molecule has 0 saturated heterocycles. The molecule has 2 aromatic heterocycles. The molecule has 2 heterocycles. The van der Waals surface area contributed by atoms with E-state index in [2.05, 4.69) is 206 Å². The molecule has 0 aliphatic heterocycles. The number of benzene rings is 8. The molecule has 55 heavy (non-hydrogen) atoms. The first-order chi connectivity index (χ1) is 27.3. The molecule has 1 aliphatic rings. The molecule has 1 aliphatic carbocycles. The highest BCUT2D eigenvalue weighted by atomic mass is 14.8. The first-order valence-corrected chi connectivity index (χ1v) is 18.9. The lowest BCUT2D eigenvalue weighted by atomic mass is 9.67. The van der Waals surface area contributed by atoms with E-state index in [-0.39, 0.29) is 0 Å². The van der Waals surface area contributed by atoms with Crippen molar-refractivity contribution in [2.75, 3.05) is 0 Å². The van der Waals surface area contributed by atoms with Crippen molar-refractivity contribution in [2.45, 2.75) is 5.41 Å². The van der Waals surface area contributed by atoms with Crippen molar-refractivity contribution in [3.05, 3.63) is 229 Å². The van der Waals surface area contributed by atoms with Crippen LogP contribution in [-0.2, 0) is 5.41 Å². The van der Waals surface area contributed by atoms with Crippen LogP contribution in [0.15, 0.2) is 206 Å². The van der Waals surface area contributed by atoms with E-state index in [1.54, 1.807) is 0 Å². The van der Waals surface area contributed by atoms with E-state index in [9.17, 15) is 0 Å². The number of nitrogens with zero attached hydrogens (tertiary/aromatic N) is 2. The van der Waals surface area contributed by atoms with Crippen molar-refractivity contribution in [2.24, 2.45) is 0 Å². The van der Waals surface area contributed by atoms with Gasteiger partial charge in [0.1, 0.15) is 0 Å². The van der Waals surface area contributed by atoms with Gasteiger partial charge in [-0.3, -0.25) is 0 Å². The molecule has 0 unspecified atom stereocenters. The molecule has 0 atom stereocenters. The second-order valence-corrected chi connectivity index (χ2v) is 14.5. The largest absolute Gasteiger partial charge is 0.245 e. The van der Waals surface area contributed by atoms with Gasteiger partial charge in [-0.15, -0.1) is 0 Å². The topological polar surface area (TPSA) is 25.8 Å². The normalized spacial score (nSPS) is 12.9. The van der Waals surface area contributed by atoms with Gasteiger partial charge >= 0.3 is 0 Å². The van der Waals surface area contributed by atoms with Gasteiger partial charge in [-0.2, -0.15) is 0 Å². The van der Waals surface area contributed by atoms with E-state index >= 15 is 0 Å². The lowest BCUT2D eigenvalue weighted by Crippen LogP contribution is -2.28. The number of hydrogen-bond acceptors (Lipinski definition) is 2. The van der Waals surface area contributed by atoms with E-state index in [0.29, 0.717) is 0 Å². The highest BCUT2D eigenvalue weighted by Gasteiger charge is 2.46. The summed E-state index contributed by atoms with van der Waals surface area (Å²) < 4.78 is 0. The summed E-state index contributed by atoms with van der Waals surface area (Å²) in [5, 5.41) is 3.33. The fraction of sp³-hybridized carbons (Fsp3) is 0.0189. The Morgan fingerprint density at radius 2 is 0.964 bits per heavy atom. The predicted octanol–water partition coefficient (Wildman–Crippen LogP) is 13.3. The van der Waals surface area contributed by atoms with E-state index in [0.717, 1.165) is 49.5 Å². The summed E-state index contributed by atoms with van der Waals surface area (Å²) in [4.78, 5) is 10.6. The zero-order chi connectivity index (χ0) is 36.3. The zero-order valence-electron chi connectivity index (χ0n) is 30.0. The van der Waals surface area contributed by atoms with Crippen LogP contribution in [0.3, 0.4) is 0 Å². The molecule has 2 heteroatoms. The standard InChI is InChI=1S/C53H34N2/c1-4-15-35(16-5-1)50-44-24-11-13-26-49(44)55-52-45(50)31-27-36-29-32-48(54-51(36)52)39-18-14-17-37(33-39)38-28-30-43-42-23-10-12-25-46(42)53(47(43)34-38,40-19-6-2-7-20-40)41-21-8-3-9-22-41/h1-34H. The van der Waals surface area contributed by atoms with Crippen LogP contribution in [0.4, 0.5) is 0 Å². The quantitative estimate of drug-likeness (QED) is 0.132. The second kappa shape index (κ2) is 12.5. The molecule has 0 spiro atoms. The van der Waals surface area contributed by atoms with Gasteiger partial charge in [0, 0.05) is 27.3 Å². The van der Waals surface area contributed by atoms with Crippen molar-refractivity contribution < 1.29 is 0 Å². The Hall–Kier alpha value is -7.16. The Kier molecular flexibility index (Phi) is 7.11. The van der Waals surface area contributed by atoms with E-state index in [1.165, 1.54) is 50.1 Å². The Balaban J connectivity index is 1.08. The van der Waals surface area contributed by atoms with Gasteiger partial charge in [-0.1, -0.05) is 182 Å². The fourth-order valence-electron chi connectivity index (χ4n) is 9.10. The molecule has 0 saturated carbocycles. The van der Waals surface area contributed by atoms with Crippen LogP contribution < -0.4 is 0 Å². The van der Waals surface area contributed by atoms with Gasteiger partial charge in [-0.25, -0.2) is 9.97 Å². The number of fused-ring (bicyclic) bond motifs is 7. The minimum absolute atomic E-state index is 0.446. The van der Waals surface area contributed by atoms with Crippen molar-refractivity contribution >= 4 is 32.7 Å². The number of hydrogen-bond donors (Lipinski definition) is 0. The maximum atomic E-state index is 5.37. The first kappa shape index (κ1) is 31.4. The lowest BCUT2D eigenvalue weighted by molar-refractivity contribution is 0.769. The van der Waals surface area contributed by atoms with Crippen molar-refractivity contribution in [1.82, 2.24) is 9.97 Å². The van der Waals surface area contributed by atoms with Crippen molar-refractivity contribution in [3.63, 3.8) is 0 Å². The maximum absolute atomic E-state index is 5.37. The Bertz CT molecular complexity index is 3040. The van der Waals surface area contributed by atoms with Gasteiger partial charge in [0.05, 0.1) is 27.7 Å². The summed E-state index contributed by atoms with van der Waals surface area (Å²) in [7, 11) is 0. The minimum Gasteiger partial charge on any atom is -0.245 e. The third-order valence-corrected chi connectivity index (χ3v) is 11.5. The minimum atomic E-state index is -0.446. The fourth-order valence-corrected chi connectivity index (χ4v) is 9.10. The van der Waals surface area contributed by atoms with E-state index < -0.39 is 5.41 Å². The number of pyridine rings is 2. The maximum Gasteiger partial charge on any atom is 0.0978 e. The van der Waals surface area contributed by atoms with Gasteiger partial charge in [0.2, 0.25) is 0 Å². The number of para-hydroxylation sites is 1. The molecule has 0 amide bonds. The summed E-state index contributed by atoms with van der Waals surface area (Å²) >= 11 is 0. The summed E-state index contributed by atoms with van der Waals surface area (Å²) in [6, 6.07) is 74.5. The number of rotatable bonds is 5. The van der Waals surface area contributed by atoms with Crippen LogP contribution in [-0.4, -0.2) is 9.97 Å². The van der Waals surface area contributed by atoms with Gasteiger partial charge in [0.15, 0.2) is 0 Å². The average molecular weight is 699 g/mol. The summed E-state index contributed by atoms with van der Waals surface area (Å²) in [6.45, 7) is 0.